The van der Waals surface area contributed by atoms with Crippen LogP contribution >= 0.6 is 11.3 Å². The van der Waals surface area contributed by atoms with Crippen molar-refractivity contribution < 1.29 is 19.1 Å². The van der Waals surface area contributed by atoms with Crippen LogP contribution < -0.4 is 15.5 Å². The van der Waals surface area contributed by atoms with Crippen molar-refractivity contribution in [2.24, 2.45) is 0 Å². The molecule has 10 heteroatoms. The molecule has 9 nitrogen and oxygen atoms in total. The number of nitrogens with one attached hydrogen (secondary N) is 2. The molecule has 1 heterocycles. The molecule has 2 amide bonds. The number of amides is 2. The standard InChI is InChI=1S/C30H35N3O4.C7H12N2S.C7H8/c1-22(2)27-16-25(17-28(18-27)33(3)30(36)37-21-23-9-5-4-6-10-23)19-31-13-8-14-32-29(35)26-12-7-11-24(15-26)20-34;1-6-5-10-7(8-6)4-9(2)3;1-7-5-3-2-4-6-7/h4-7,9-12,15-18,20,22,31H,8,13-14,19,21H2,1-3H3,(H,32,35);5H,4H2,1-3H3;2-6H,1H3. The van der Waals surface area contributed by atoms with Crippen LogP contribution in [-0.4, -0.2) is 62.4 Å². The summed E-state index contributed by atoms with van der Waals surface area (Å²) in [5.74, 6) is 0.112. The minimum atomic E-state index is -0.405. The highest BCUT2D eigenvalue weighted by Crippen LogP contribution is 2.24. The van der Waals surface area contributed by atoms with Crippen LogP contribution in [0.3, 0.4) is 0 Å². The minimum absolute atomic E-state index is 0.194. The molecule has 0 saturated carbocycles. The molecule has 5 rings (SSSR count). The Morgan fingerprint density at radius 3 is 2.15 bits per heavy atom. The number of hydrogen-bond donors (Lipinski definition) is 2. The lowest BCUT2D eigenvalue weighted by Gasteiger charge is -2.20. The zero-order valence-electron chi connectivity index (χ0n) is 32.7. The van der Waals surface area contributed by atoms with Crippen molar-refractivity contribution in [3.05, 3.63) is 153 Å². The number of aromatic nitrogens is 1. The van der Waals surface area contributed by atoms with Crippen LogP contribution in [0.1, 0.15) is 79.9 Å². The van der Waals surface area contributed by atoms with E-state index >= 15 is 0 Å². The molecule has 0 saturated heterocycles. The molecule has 0 atom stereocenters. The van der Waals surface area contributed by atoms with Gasteiger partial charge in [0, 0.05) is 54.6 Å². The zero-order chi connectivity index (χ0) is 39.3. The number of carbonyl (C=O) groups is 3. The van der Waals surface area contributed by atoms with Crippen LogP contribution in [0, 0.1) is 13.8 Å². The first-order chi connectivity index (χ1) is 25.9. The normalized spacial score (nSPS) is 10.5. The third-order valence-corrected chi connectivity index (χ3v) is 8.97. The Kier molecular flexibility index (Phi) is 18.8. The first-order valence-corrected chi connectivity index (χ1v) is 19.0. The maximum atomic E-state index is 12.7. The van der Waals surface area contributed by atoms with E-state index in [-0.39, 0.29) is 12.5 Å². The summed E-state index contributed by atoms with van der Waals surface area (Å²) in [6, 6.07) is 32.7. The monoisotopic (exact) mass is 749 g/mol. The predicted molar refractivity (Wildman–Crippen MR) is 221 cm³/mol. The number of ether oxygens (including phenoxy) is 1. The summed E-state index contributed by atoms with van der Waals surface area (Å²) in [7, 11) is 5.82. The number of aldehydes is 1. The van der Waals surface area contributed by atoms with Crippen molar-refractivity contribution in [2.75, 3.05) is 39.1 Å². The highest BCUT2D eigenvalue weighted by molar-refractivity contribution is 7.09. The van der Waals surface area contributed by atoms with Crippen LogP contribution in [0.25, 0.3) is 0 Å². The molecule has 0 fully saturated rings. The van der Waals surface area contributed by atoms with Crippen molar-refractivity contribution in [2.45, 2.75) is 59.7 Å². The van der Waals surface area contributed by atoms with Gasteiger partial charge in [-0.2, -0.15) is 0 Å². The fraction of sp³-hybridized carbons (Fsp3) is 0.318. The van der Waals surface area contributed by atoms with Crippen molar-refractivity contribution in [1.82, 2.24) is 20.5 Å². The van der Waals surface area contributed by atoms with Gasteiger partial charge in [-0.05, 0) is 87.8 Å². The summed E-state index contributed by atoms with van der Waals surface area (Å²) in [5, 5.41) is 9.57. The first kappa shape index (κ1) is 43.2. The number of rotatable bonds is 14. The van der Waals surface area contributed by atoms with Crippen molar-refractivity contribution in [1.29, 1.82) is 0 Å². The van der Waals surface area contributed by atoms with Gasteiger partial charge in [-0.25, -0.2) is 9.78 Å². The highest BCUT2D eigenvalue weighted by Gasteiger charge is 2.15. The molecule has 1 aromatic heterocycles. The second kappa shape index (κ2) is 23.5. The van der Waals surface area contributed by atoms with E-state index in [1.54, 1.807) is 42.6 Å². The Morgan fingerprint density at radius 1 is 0.852 bits per heavy atom. The van der Waals surface area contributed by atoms with Crippen LogP contribution in [0.15, 0.2) is 109 Å². The SMILES string of the molecule is CC(C)c1cc(CNCCCNC(=O)c2cccc(C=O)c2)cc(N(C)C(=O)OCc2ccccc2)c1.Cc1ccccc1.Cc1csc(CN(C)C)n1. The van der Waals surface area contributed by atoms with Crippen LogP contribution in [0.2, 0.25) is 0 Å². The van der Waals surface area contributed by atoms with Crippen molar-refractivity contribution >= 4 is 35.3 Å². The fourth-order valence-corrected chi connectivity index (χ4v) is 5.92. The lowest BCUT2D eigenvalue weighted by atomic mass is 9.99. The van der Waals surface area contributed by atoms with E-state index in [9.17, 15) is 14.4 Å². The van der Waals surface area contributed by atoms with Gasteiger partial charge in [-0.3, -0.25) is 14.5 Å². The van der Waals surface area contributed by atoms with Gasteiger partial charge in [0.15, 0.2) is 0 Å². The van der Waals surface area contributed by atoms with Gasteiger partial charge in [-0.1, -0.05) is 98.3 Å². The number of hydrogen-bond acceptors (Lipinski definition) is 8. The lowest BCUT2D eigenvalue weighted by Crippen LogP contribution is -2.28. The number of aryl methyl sites for hydroxylation is 2. The molecule has 0 aliphatic heterocycles. The van der Waals surface area contributed by atoms with Crippen LogP contribution in [0.4, 0.5) is 10.5 Å². The Bertz CT molecular complexity index is 1860. The number of nitrogens with zero attached hydrogens (tertiary/aromatic N) is 3. The minimum Gasteiger partial charge on any atom is -0.444 e. The van der Waals surface area contributed by atoms with Gasteiger partial charge >= 0.3 is 6.09 Å². The first-order valence-electron chi connectivity index (χ1n) is 18.1. The molecule has 0 aliphatic carbocycles. The van der Waals surface area contributed by atoms with E-state index < -0.39 is 6.09 Å². The molecule has 54 heavy (non-hydrogen) atoms. The van der Waals surface area contributed by atoms with E-state index in [4.69, 9.17) is 4.74 Å². The average molecular weight is 750 g/mol. The summed E-state index contributed by atoms with van der Waals surface area (Å²) in [6.07, 6.45) is 1.07. The molecule has 4 aromatic carbocycles. The maximum absolute atomic E-state index is 12.7. The largest absolute Gasteiger partial charge is 0.444 e. The second-order valence-corrected chi connectivity index (χ2v) is 14.4. The molecular formula is C44H55N5O4S. The van der Waals surface area contributed by atoms with E-state index in [2.05, 4.69) is 79.0 Å². The van der Waals surface area contributed by atoms with Gasteiger partial charge in [-0.15, -0.1) is 11.3 Å². The summed E-state index contributed by atoms with van der Waals surface area (Å²) in [6.45, 7) is 11.4. The number of benzene rings is 4. The fourth-order valence-electron chi connectivity index (χ4n) is 5.03. The van der Waals surface area contributed by atoms with E-state index in [1.165, 1.54) is 15.5 Å². The smallest absolute Gasteiger partial charge is 0.414 e. The Morgan fingerprint density at radius 2 is 1.56 bits per heavy atom. The predicted octanol–water partition coefficient (Wildman–Crippen LogP) is 8.81. The Balaban J connectivity index is 0.000000374. The van der Waals surface area contributed by atoms with Gasteiger partial charge in [0.05, 0.1) is 0 Å². The third kappa shape index (κ3) is 16.2. The Labute approximate surface area is 325 Å². The highest BCUT2D eigenvalue weighted by atomic mass is 32.1. The summed E-state index contributed by atoms with van der Waals surface area (Å²) in [5.41, 5.74) is 7.33. The maximum Gasteiger partial charge on any atom is 0.414 e. The number of anilines is 1. The van der Waals surface area contributed by atoms with Gasteiger partial charge in [0.25, 0.3) is 5.91 Å². The lowest BCUT2D eigenvalue weighted by molar-refractivity contribution is 0.0953. The average Bonchev–Trinajstić information content (AvgIpc) is 3.59. The van der Waals surface area contributed by atoms with Crippen molar-refractivity contribution in [3.63, 3.8) is 0 Å². The number of thiazole rings is 1. The topological polar surface area (TPSA) is 104 Å². The molecule has 0 unspecified atom stereocenters. The number of carbonyl (C=O) groups excluding carboxylic acids is 3. The molecule has 0 spiro atoms. The van der Waals surface area contributed by atoms with Crippen LogP contribution in [0.5, 0.6) is 0 Å². The zero-order valence-corrected chi connectivity index (χ0v) is 33.5. The molecule has 0 bridgehead atoms. The third-order valence-electron chi connectivity index (χ3n) is 8.02. The molecule has 2 N–H and O–H groups in total. The van der Waals surface area contributed by atoms with Gasteiger partial charge < -0.3 is 20.3 Å². The van der Waals surface area contributed by atoms with Crippen LogP contribution in [-0.2, 0) is 24.4 Å². The molecule has 0 radical (unpaired) electrons. The van der Waals surface area contributed by atoms with E-state index in [0.29, 0.717) is 36.7 Å². The molecule has 5 aromatic rings. The summed E-state index contributed by atoms with van der Waals surface area (Å²) in [4.78, 5) is 43.8. The van der Waals surface area contributed by atoms with Crippen molar-refractivity contribution in [3.8, 4) is 0 Å². The van der Waals surface area contributed by atoms with E-state index in [1.807, 2.05) is 67.6 Å². The Hall–Kier alpha value is -5.16. The quantitative estimate of drug-likeness (QED) is 0.0864. The molecule has 286 valence electrons. The second-order valence-electron chi connectivity index (χ2n) is 13.5. The molecular weight excluding hydrogens is 695 g/mol. The summed E-state index contributed by atoms with van der Waals surface area (Å²) >= 11 is 1.73. The van der Waals surface area contributed by atoms with Gasteiger partial charge in [0.1, 0.15) is 17.9 Å². The molecule has 0 aliphatic rings. The van der Waals surface area contributed by atoms with Gasteiger partial charge in [0.2, 0.25) is 0 Å². The summed E-state index contributed by atoms with van der Waals surface area (Å²) < 4.78 is 5.49. The van der Waals surface area contributed by atoms with E-state index in [0.717, 1.165) is 47.3 Å².